The molecular formula is C27H29Cl2N3O5. The third kappa shape index (κ3) is 6.26. The third-order valence-electron chi connectivity index (χ3n) is 6.31. The monoisotopic (exact) mass is 545 g/mol. The van der Waals surface area contributed by atoms with Gasteiger partial charge in [-0.15, -0.1) is 0 Å². The molecule has 2 aromatic carbocycles. The third-order valence-corrected chi connectivity index (χ3v) is 6.92. The molecule has 196 valence electrons. The van der Waals surface area contributed by atoms with Crippen molar-refractivity contribution < 1.29 is 24.0 Å². The first kappa shape index (κ1) is 27.0. The number of amides is 1. The van der Waals surface area contributed by atoms with Crippen LogP contribution in [0.3, 0.4) is 0 Å². The Hall–Kier alpha value is -3.07. The fourth-order valence-electron chi connectivity index (χ4n) is 4.54. The predicted molar refractivity (Wildman–Crippen MR) is 142 cm³/mol. The molecule has 1 fully saturated rings. The molecule has 2 heterocycles. The number of carbonyl (C=O) groups is 2. The summed E-state index contributed by atoms with van der Waals surface area (Å²) in [6.07, 6.45) is -0.0240. The smallest absolute Gasteiger partial charge is 0.308 e. The maximum atomic E-state index is 12.7. The minimum absolute atomic E-state index is 0.0240. The number of carboxylic acid groups (broad SMARTS) is 1. The summed E-state index contributed by atoms with van der Waals surface area (Å²) in [5.41, 5.74) is 1.83. The molecule has 0 spiro atoms. The molecule has 0 bridgehead atoms. The van der Waals surface area contributed by atoms with Crippen LogP contribution in [-0.2, 0) is 11.3 Å². The van der Waals surface area contributed by atoms with Crippen LogP contribution in [0.1, 0.15) is 43.7 Å². The van der Waals surface area contributed by atoms with Crippen molar-refractivity contribution in [3.63, 3.8) is 0 Å². The lowest BCUT2D eigenvalue weighted by Gasteiger charge is -2.22. The second-order valence-corrected chi connectivity index (χ2v) is 11.0. The minimum Gasteiger partial charge on any atom is -0.489 e. The van der Waals surface area contributed by atoms with Gasteiger partial charge in [0.2, 0.25) is 0 Å². The Balaban J connectivity index is 1.42. The van der Waals surface area contributed by atoms with Gasteiger partial charge in [0.1, 0.15) is 5.75 Å². The first-order chi connectivity index (χ1) is 17.4. The lowest BCUT2D eigenvalue weighted by Crippen LogP contribution is -2.28. The van der Waals surface area contributed by atoms with Crippen molar-refractivity contribution in [3.05, 3.63) is 63.8 Å². The molecule has 1 atom stereocenters. The fraction of sp³-hybridized carbons (Fsp3) is 0.370. The number of aromatic nitrogens is 1. The summed E-state index contributed by atoms with van der Waals surface area (Å²) in [4.78, 5) is 26.4. The molecule has 0 radical (unpaired) electrons. The van der Waals surface area contributed by atoms with E-state index in [4.69, 9.17) is 32.5 Å². The summed E-state index contributed by atoms with van der Waals surface area (Å²) >= 11 is 12.8. The maximum absolute atomic E-state index is 12.7. The van der Waals surface area contributed by atoms with Gasteiger partial charge in [-0.3, -0.25) is 14.5 Å². The molecule has 1 amide bonds. The topological polar surface area (TPSA) is 105 Å². The van der Waals surface area contributed by atoms with Gasteiger partial charge in [-0.25, -0.2) is 0 Å². The van der Waals surface area contributed by atoms with Crippen molar-refractivity contribution in [1.82, 2.24) is 10.1 Å². The standard InChI is InChI=1S/C27H29Cl2N3O5/c1-15(2)36-23-8-6-17(10-21(23)29)30-25(33)22-11-24(37-31-22)18-7-5-16(9-20(18)28)12-32-13-19(26(34)35)27(3,4)14-32/h5-11,15,19H,12-14H2,1-4H3,(H,30,33)(H,34,35). The summed E-state index contributed by atoms with van der Waals surface area (Å²) in [5.74, 6) is -0.754. The molecular weight excluding hydrogens is 517 g/mol. The van der Waals surface area contributed by atoms with Crippen LogP contribution in [0.4, 0.5) is 5.69 Å². The van der Waals surface area contributed by atoms with Crippen molar-refractivity contribution in [2.75, 3.05) is 18.4 Å². The quantitative estimate of drug-likeness (QED) is 0.345. The average Bonchev–Trinajstić information content (AvgIpc) is 3.40. The first-order valence-electron chi connectivity index (χ1n) is 11.9. The van der Waals surface area contributed by atoms with Gasteiger partial charge < -0.3 is 19.7 Å². The normalized spacial score (nSPS) is 17.2. The molecule has 0 saturated carbocycles. The van der Waals surface area contributed by atoms with Gasteiger partial charge in [-0.05, 0) is 55.2 Å². The summed E-state index contributed by atoms with van der Waals surface area (Å²) in [6, 6.07) is 12.1. The number of hydrogen-bond donors (Lipinski definition) is 2. The average molecular weight is 546 g/mol. The number of anilines is 1. The number of nitrogens with zero attached hydrogens (tertiary/aromatic N) is 2. The van der Waals surface area contributed by atoms with E-state index in [1.54, 1.807) is 18.2 Å². The molecule has 1 saturated heterocycles. The Bertz CT molecular complexity index is 1320. The highest BCUT2D eigenvalue weighted by molar-refractivity contribution is 6.33. The summed E-state index contributed by atoms with van der Waals surface area (Å²) in [5, 5.41) is 17.0. The molecule has 1 aromatic heterocycles. The van der Waals surface area contributed by atoms with E-state index in [1.807, 2.05) is 45.9 Å². The van der Waals surface area contributed by atoms with Gasteiger partial charge in [-0.2, -0.15) is 0 Å². The Morgan fingerprint density at radius 2 is 1.95 bits per heavy atom. The van der Waals surface area contributed by atoms with Crippen LogP contribution in [0.2, 0.25) is 10.0 Å². The SMILES string of the molecule is CC(C)Oc1ccc(NC(=O)c2cc(-c3ccc(CN4CC(C(=O)O)C(C)(C)C4)cc3Cl)on2)cc1Cl. The Labute approximate surface area is 225 Å². The molecule has 8 nitrogen and oxygen atoms in total. The van der Waals surface area contributed by atoms with Crippen molar-refractivity contribution in [2.24, 2.45) is 11.3 Å². The zero-order valence-corrected chi connectivity index (χ0v) is 22.6. The lowest BCUT2D eigenvalue weighted by molar-refractivity contribution is -0.144. The molecule has 37 heavy (non-hydrogen) atoms. The highest BCUT2D eigenvalue weighted by atomic mass is 35.5. The van der Waals surface area contributed by atoms with Gasteiger partial charge in [0.25, 0.3) is 5.91 Å². The molecule has 0 aliphatic carbocycles. The number of nitrogens with one attached hydrogen (secondary N) is 1. The van der Waals surface area contributed by atoms with Crippen molar-refractivity contribution in [1.29, 1.82) is 0 Å². The summed E-state index contributed by atoms with van der Waals surface area (Å²) in [7, 11) is 0. The number of aliphatic carboxylic acids is 1. The number of halogens is 2. The van der Waals surface area contributed by atoms with Crippen LogP contribution in [0.5, 0.6) is 5.75 Å². The number of ether oxygens (including phenoxy) is 1. The molecule has 10 heteroatoms. The van der Waals surface area contributed by atoms with E-state index in [0.717, 1.165) is 5.56 Å². The van der Waals surface area contributed by atoms with Gasteiger partial charge >= 0.3 is 5.97 Å². The van der Waals surface area contributed by atoms with E-state index >= 15 is 0 Å². The number of carbonyl (C=O) groups excluding carboxylic acids is 1. The largest absolute Gasteiger partial charge is 0.489 e. The highest BCUT2D eigenvalue weighted by Crippen LogP contribution is 2.37. The Morgan fingerprint density at radius 3 is 2.57 bits per heavy atom. The van der Waals surface area contributed by atoms with Gasteiger partial charge in [-0.1, -0.05) is 48.3 Å². The first-order valence-corrected chi connectivity index (χ1v) is 12.7. The predicted octanol–water partition coefficient (Wildman–Crippen LogP) is 6.23. The summed E-state index contributed by atoms with van der Waals surface area (Å²) in [6.45, 7) is 9.51. The minimum atomic E-state index is -0.772. The lowest BCUT2D eigenvalue weighted by atomic mass is 9.82. The van der Waals surface area contributed by atoms with E-state index in [1.165, 1.54) is 6.07 Å². The molecule has 1 aliphatic rings. The Morgan fingerprint density at radius 1 is 1.19 bits per heavy atom. The van der Waals surface area contributed by atoms with Crippen molar-refractivity contribution in [3.8, 4) is 17.1 Å². The van der Waals surface area contributed by atoms with Gasteiger partial charge in [0, 0.05) is 37.0 Å². The van der Waals surface area contributed by atoms with Crippen molar-refractivity contribution >= 4 is 40.8 Å². The number of hydrogen-bond acceptors (Lipinski definition) is 6. The van der Waals surface area contributed by atoms with E-state index in [0.29, 0.717) is 52.4 Å². The van der Waals surface area contributed by atoms with Crippen LogP contribution in [0.25, 0.3) is 11.3 Å². The fourth-order valence-corrected chi connectivity index (χ4v) is 5.06. The highest BCUT2D eigenvalue weighted by Gasteiger charge is 2.43. The number of likely N-dealkylation sites (tertiary alicyclic amines) is 1. The molecule has 2 N–H and O–H groups in total. The molecule has 1 aliphatic heterocycles. The van der Waals surface area contributed by atoms with E-state index in [2.05, 4.69) is 15.4 Å². The van der Waals surface area contributed by atoms with E-state index < -0.39 is 17.8 Å². The van der Waals surface area contributed by atoms with E-state index in [9.17, 15) is 14.7 Å². The van der Waals surface area contributed by atoms with Crippen molar-refractivity contribution in [2.45, 2.75) is 40.3 Å². The van der Waals surface area contributed by atoms with Crippen LogP contribution in [0.15, 0.2) is 47.0 Å². The van der Waals surface area contributed by atoms with E-state index in [-0.39, 0.29) is 17.2 Å². The molecule has 1 unspecified atom stereocenters. The van der Waals surface area contributed by atoms with Gasteiger partial charge in [0.05, 0.1) is 22.1 Å². The van der Waals surface area contributed by atoms with Crippen LogP contribution >= 0.6 is 23.2 Å². The van der Waals surface area contributed by atoms with Crippen LogP contribution < -0.4 is 10.1 Å². The number of rotatable bonds is 8. The zero-order chi connectivity index (χ0) is 26.9. The zero-order valence-electron chi connectivity index (χ0n) is 21.0. The number of carboxylic acids is 1. The van der Waals surface area contributed by atoms with Gasteiger partial charge in [0.15, 0.2) is 11.5 Å². The second kappa shape index (κ2) is 10.7. The second-order valence-electron chi connectivity index (χ2n) is 10.2. The maximum Gasteiger partial charge on any atom is 0.308 e. The Kier molecular flexibility index (Phi) is 7.83. The number of benzene rings is 2. The molecule has 4 rings (SSSR count). The summed E-state index contributed by atoms with van der Waals surface area (Å²) < 4.78 is 11.0. The molecule has 3 aromatic rings. The van der Waals surface area contributed by atoms with Crippen LogP contribution in [0, 0.1) is 11.3 Å². The van der Waals surface area contributed by atoms with Crippen LogP contribution in [-0.4, -0.2) is 46.2 Å².